The number of carbonyl (C=O) groups excluding carboxylic acids is 1. The summed E-state index contributed by atoms with van der Waals surface area (Å²) < 4.78 is 13.1. The maximum absolute atomic E-state index is 13.5. The van der Waals surface area contributed by atoms with Crippen LogP contribution < -0.4 is 10.5 Å². The Hall–Kier alpha value is -2.95. The van der Waals surface area contributed by atoms with Crippen LogP contribution >= 0.6 is 24.0 Å². The second kappa shape index (κ2) is 8.77. The average molecular weight is 483 g/mol. The van der Waals surface area contributed by atoms with Crippen LogP contribution in [0.3, 0.4) is 0 Å². The van der Waals surface area contributed by atoms with Gasteiger partial charge in [0.05, 0.1) is 35.5 Å². The maximum Gasteiger partial charge on any atom is 0.267 e. The number of pyridine rings is 1. The van der Waals surface area contributed by atoms with E-state index in [4.69, 9.17) is 26.4 Å². The van der Waals surface area contributed by atoms with Crippen LogP contribution in [0.25, 0.3) is 11.7 Å². The number of furan rings is 1. The van der Waals surface area contributed by atoms with Crippen molar-refractivity contribution in [3.63, 3.8) is 0 Å². The molecule has 33 heavy (non-hydrogen) atoms. The zero-order valence-electron chi connectivity index (χ0n) is 18.1. The van der Waals surface area contributed by atoms with E-state index in [1.807, 2.05) is 19.9 Å². The molecular formula is C23H22N4O4S2. The number of nitrogens with zero attached hydrogens (tertiary/aromatic N) is 4. The fourth-order valence-electron chi connectivity index (χ4n) is 4.14. The van der Waals surface area contributed by atoms with Crippen LogP contribution in [0.4, 0.5) is 5.82 Å². The topological polar surface area (TPSA) is 80.3 Å². The van der Waals surface area contributed by atoms with Crippen LogP contribution in [-0.4, -0.2) is 49.8 Å². The number of anilines is 1. The molecule has 0 radical (unpaired) electrons. The minimum absolute atomic E-state index is 0.0101. The van der Waals surface area contributed by atoms with E-state index in [-0.39, 0.29) is 30.2 Å². The van der Waals surface area contributed by atoms with E-state index in [0.29, 0.717) is 45.1 Å². The Morgan fingerprint density at radius 1 is 1.18 bits per heavy atom. The standard InChI is InChI=1S/C23H22N4O4S2/c1-14-11-25(12-15(2)31-14)20-17(21(28)26-8-4-3-7-19(26)24-20)10-18-22(29)27(23(32)33-18)13-16-6-5-9-30-16/h3-10,14-15H,11-13H2,1-2H3/b18-10-/t14-,15-/m0/s1. The molecule has 8 nitrogen and oxygen atoms in total. The van der Waals surface area contributed by atoms with Gasteiger partial charge in [-0.3, -0.25) is 18.9 Å². The Labute approximate surface area is 199 Å². The van der Waals surface area contributed by atoms with Crippen LogP contribution in [0.5, 0.6) is 0 Å². The first-order chi connectivity index (χ1) is 15.9. The van der Waals surface area contributed by atoms with E-state index < -0.39 is 0 Å². The molecule has 0 unspecified atom stereocenters. The number of carbonyl (C=O) groups is 1. The third-order valence-electron chi connectivity index (χ3n) is 5.51. The lowest BCUT2D eigenvalue weighted by atomic mass is 10.2. The molecule has 2 atom stereocenters. The first kappa shape index (κ1) is 21.9. The molecule has 0 aromatic carbocycles. The van der Waals surface area contributed by atoms with Gasteiger partial charge in [0.25, 0.3) is 11.5 Å². The Bertz CT molecular complexity index is 1310. The van der Waals surface area contributed by atoms with Crippen molar-refractivity contribution in [3.05, 3.63) is 69.4 Å². The number of rotatable bonds is 4. The number of hydrogen-bond acceptors (Lipinski definition) is 8. The van der Waals surface area contributed by atoms with Crippen LogP contribution in [-0.2, 0) is 16.1 Å². The molecule has 2 aliphatic heterocycles. The molecule has 0 saturated carbocycles. The monoisotopic (exact) mass is 482 g/mol. The molecule has 3 aromatic rings. The highest BCUT2D eigenvalue weighted by molar-refractivity contribution is 8.26. The van der Waals surface area contributed by atoms with Crippen LogP contribution in [0, 0.1) is 0 Å². The molecule has 5 heterocycles. The molecule has 170 valence electrons. The summed E-state index contributed by atoms with van der Waals surface area (Å²) in [5, 5.41) is 0. The first-order valence-corrected chi connectivity index (χ1v) is 11.8. The van der Waals surface area contributed by atoms with Crippen LogP contribution in [0.15, 0.2) is 56.9 Å². The van der Waals surface area contributed by atoms with Crippen molar-refractivity contribution in [2.75, 3.05) is 18.0 Å². The quantitative estimate of drug-likeness (QED) is 0.414. The summed E-state index contributed by atoms with van der Waals surface area (Å²) >= 11 is 6.62. The number of amides is 1. The van der Waals surface area contributed by atoms with Gasteiger partial charge in [0.1, 0.15) is 21.5 Å². The number of hydrogen-bond donors (Lipinski definition) is 0. The molecule has 2 aliphatic rings. The molecule has 10 heteroatoms. The first-order valence-electron chi connectivity index (χ1n) is 10.6. The Morgan fingerprint density at radius 3 is 2.70 bits per heavy atom. The predicted octanol–water partition coefficient (Wildman–Crippen LogP) is 3.30. The van der Waals surface area contributed by atoms with E-state index in [1.54, 1.807) is 42.8 Å². The van der Waals surface area contributed by atoms with Crippen molar-refractivity contribution in [3.8, 4) is 0 Å². The number of thioether (sulfide) groups is 1. The molecule has 2 saturated heterocycles. The van der Waals surface area contributed by atoms with Crippen molar-refractivity contribution in [1.29, 1.82) is 0 Å². The largest absolute Gasteiger partial charge is 0.467 e. The number of fused-ring (bicyclic) bond motifs is 1. The summed E-state index contributed by atoms with van der Waals surface area (Å²) in [6.07, 6.45) is 4.84. The van der Waals surface area contributed by atoms with Crippen molar-refractivity contribution < 1.29 is 13.9 Å². The van der Waals surface area contributed by atoms with Crippen molar-refractivity contribution >= 4 is 51.7 Å². The number of ether oxygens (including phenoxy) is 1. The van der Waals surface area contributed by atoms with Gasteiger partial charge in [0.2, 0.25) is 0 Å². The summed E-state index contributed by atoms with van der Waals surface area (Å²) in [5.74, 6) is 0.926. The summed E-state index contributed by atoms with van der Waals surface area (Å²) in [5.41, 5.74) is 0.670. The fourth-order valence-corrected chi connectivity index (χ4v) is 5.37. The zero-order valence-corrected chi connectivity index (χ0v) is 19.8. The van der Waals surface area contributed by atoms with E-state index in [1.165, 1.54) is 21.1 Å². The highest BCUT2D eigenvalue weighted by Gasteiger charge is 2.34. The molecule has 0 aliphatic carbocycles. The maximum atomic E-state index is 13.5. The van der Waals surface area contributed by atoms with Crippen molar-refractivity contribution in [1.82, 2.24) is 14.3 Å². The lowest BCUT2D eigenvalue weighted by molar-refractivity contribution is -0.122. The number of thiocarbonyl (C=S) groups is 1. The van der Waals surface area contributed by atoms with Gasteiger partial charge in [-0.25, -0.2) is 4.98 Å². The van der Waals surface area contributed by atoms with E-state index >= 15 is 0 Å². The van der Waals surface area contributed by atoms with Gasteiger partial charge in [-0.2, -0.15) is 0 Å². The summed E-state index contributed by atoms with van der Waals surface area (Å²) in [6.45, 7) is 5.43. The Balaban J connectivity index is 1.59. The van der Waals surface area contributed by atoms with Gasteiger partial charge in [-0.1, -0.05) is 30.0 Å². The molecule has 1 amide bonds. The minimum Gasteiger partial charge on any atom is -0.467 e. The summed E-state index contributed by atoms with van der Waals surface area (Å²) in [7, 11) is 0. The van der Waals surface area contributed by atoms with Gasteiger partial charge in [-0.05, 0) is 44.2 Å². The van der Waals surface area contributed by atoms with Gasteiger partial charge in [0.15, 0.2) is 0 Å². The van der Waals surface area contributed by atoms with Crippen molar-refractivity contribution in [2.45, 2.75) is 32.6 Å². The second-order valence-corrected chi connectivity index (χ2v) is 9.77. The molecule has 5 rings (SSSR count). The highest BCUT2D eigenvalue weighted by atomic mass is 32.2. The normalized spacial score (nSPS) is 22.7. The van der Waals surface area contributed by atoms with Gasteiger partial charge < -0.3 is 14.1 Å². The SMILES string of the molecule is C[C@H]1CN(c2nc3ccccn3c(=O)c2/C=C2\SC(=S)N(Cc3ccco3)C2=O)C[C@H](C)O1. The molecule has 3 aromatic heterocycles. The number of morpholine rings is 1. The second-order valence-electron chi connectivity index (χ2n) is 8.09. The van der Waals surface area contributed by atoms with E-state index in [2.05, 4.69) is 4.90 Å². The van der Waals surface area contributed by atoms with Gasteiger partial charge in [0, 0.05) is 19.3 Å². The summed E-state index contributed by atoms with van der Waals surface area (Å²) in [4.78, 5) is 35.4. The lowest BCUT2D eigenvalue weighted by Crippen LogP contribution is -2.46. The smallest absolute Gasteiger partial charge is 0.267 e. The summed E-state index contributed by atoms with van der Waals surface area (Å²) in [6, 6.07) is 8.98. The van der Waals surface area contributed by atoms with Crippen LogP contribution in [0.1, 0.15) is 25.2 Å². The number of aromatic nitrogens is 2. The third-order valence-corrected chi connectivity index (χ3v) is 6.89. The molecule has 2 fully saturated rings. The van der Waals surface area contributed by atoms with Crippen molar-refractivity contribution in [2.24, 2.45) is 0 Å². The molecule has 0 spiro atoms. The van der Waals surface area contributed by atoms with Gasteiger partial charge in [-0.15, -0.1) is 0 Å². The molecule has 0 bridgehead atoms. The average Bonchev–Trinajstić information content (AvgIpc) is 3.39. The van der Waals surface area contributed by atoms with E-state index in [0.717, 1.165) is 0 Å². The highest BCUT2D eigenvalue weighted by Crippen LogP contribution is 2.34. The Morgan fingerprint density at radius 2 is 1.97 bits per heavy atom. The third kappa shape index (κ3) is 4.21. The minimum atomic E-state index is -0.256. The van der Waals surface area contributed by atoms with Gasteiger partial charge >= 0.3 is 0 Å². The lowest BCUT2D eigenvalue weighted by Gasteiger charge is -2.36. The Kier molecular flexibility index (Phi) is 5.81. The molecular weight excluding hydrogens is 460 g/mol. The van der Waals surface area contributed by atoms with Crippen LogP contribution in [0.2, 0.25) is 0 Å². The predicted molar refractivity (Wildman–Crippen MR) is 131 cm³/mol. The zero-order chi connectivity index (χ0) is 23.1. The molecule has 0 N–H and O–H groups in total. The van der Waals surface area contributed by atoms with E-state index in [9.17, 15) is 9.59 Å². The fraction of sp³-hybridized carbons (Fsp3) is 0.304.